The monoisotopic (exact) mass is 1030 g/mol. The van der Waals surface area contributed by atoms with Crippen LogP contribution in [0, 0.1) is 0 Å². The molecule has 62 heavy (non-hydrogen) atoms. The summed E-state index contributed by atoms with van der Waals surface area (Å²) in [5.74, 6) is -0.0862. The molecule has 0 spiro atoms. The molecule has 0 aromatic rings. The topological polar surface area (TPSA) is 141 Å². The fourth-order valence-corrected chi connectivity index (χ4v) is 33.8. The van der Waals surface area contributed by atoms with Gasteiger partial charge < -0.3 is 30.4 Å². The van der Waals surface area contributed by atoms with Crippen molar-refractivity contribution in [2.24, 2.45) is 0 Å². The van der Waals surface area contributed by atoms with Gasteiger partial charge in [0.1, 0.15) is 0 Å². The third-order valence-electron chi connectivity index (χ3n) is 13.7. The summed E-state index contributed by atoms with van der Waals surface area (Å²) >= 11 is 0. The Hall–Kier alpha value is 0.881. The first-order valence-corrected chi connectivity index (χ1v) is 42.8. The van der Waals surface area contributed by atoms with Crippen molar-refractivity contribution in [1.29, 1.82) is 0 Å². The lowest BCUT2D eigenvalue weighted by molar-refractivity contribution is -0.890. The molecule has 0 N–H and O–H groups in total. The second-order valence-corrected chi connectivity index (χ2v) is 55.3. The van der Waals surface area contributed by atoms with Gasteiger partial charge >= 0.3 is 17.1 Å². The minimum Gasteiger partial charge on any atom is -0.748 e. The molecule has 0 radical (unpaired) electrons. The fourth-order valence-electron chi connectivity index (χ4n) is 5.82. The van der Waals surface area contributed by atoms with E-state index in [2.05, 4.69) is 186 Å². The summed E-state index contributed by atoms with van der Waals surface area (Å²) in [5.41, 5.74) is 0. The van der Waals surface area contributed by atoms with Gasteiger partial charge in [-0.25, -0.2) is 8.42 Å². The predicted octanol–water partition coefficient (Wildman–Crippen LogP) is 11.3. The van der Waals surface area contributed by atoms with Gasteiger partial charge in [0, 0.05) is 12.2 Å². The van der Waals surface area contributed by atoms with Gasteiger partial charge in [0.15, 0.2) is 33.3 Å². The molecule has 376 valence electrons. The first-order valence-electron chi connectivity index (χ1n) is 22.9. The lowest BCUT2D eigenvalue weighted by Crippen LogP contribution is -2.59. The second kappa shape index (κ2) is 23.5. The number of rotatable bonds is 20. The van der Waals surface area contributed by atoms with Gasteiger partial charge in [-0.05, 0) is 138 Å². The number of quaternary nitrogens is 1. The molecule has 0 aliphatic carbocycles. The molecule has 0 saturated carbocycles. The van der Waals surface area contributed by atoms with Crippen LogP contribution in [0.5, 0.6) is 0 Å². The van der Waals surface area contributed by atoms with Crippen molar-refractivity contribution in [3.05, 3.63) is 0 Å². The Balaban J connectivity index is 0. The van der Waals surface area contributed by atoms with E-state index in [1.807, 2.05) is 0 Å². The second-order valence-electron chi connectivity index (χ2n) is 25.2. The zero-order valence-corrected chi connectivity index (χ0v) is 52.9. The molecule has 0 unspecified atom stereocenters. The molecule has 12 nitrogen and oxygen atoms in total. The molecular weight excluding hydrogens is 925 g/mol. The Labute approximate surface area is 392 Å². The van der Waals surface area contributed by atoms with E-state index in [0.717, 1.165) is 38.0 Å². The van der Waals surface area contributed by atoms with Gasteiger partial charge in [-0.3, -0.25) is 4.18 Å². The third kappa shape index (κ3) is 25.3. The minimum atomic E-state index is -4.14. The van der Waals surface area contributed by atoms with Crippen LogP contribution < -0.4 is 0 Å². The molecule has 0 bridgehead atoms. The van der Waals surface area contributed by atoms with Gasteiger partial charge in [-0.2, -0.15) is 8.42 Å². The van der Waals surface area contributed by atoms with E-state index in [4.69, 9.17) is 16.5 Å². The summed E-state index contributed by atoms with van der Waals surface area (Å²) in [6.07, 6.45) is 3.17. The van der Waals surface area contributed by atoms with Crippen LogP contribution in [-0.4, -0.2) is 147 Å². The van der Waals surface area contributed by atoms with Crippen molar-refractivity contribution < 1.29 is 46.5 Å². The van der Waals surface area contributed by atoms with Crippen LogP contribution in [0.1, 0.15) is 109 Å². The zero-order valence-electron chi connectivity index (χ0n) is 45.3. The van der Waals surface area contributed by atoms with E-state index >= 15 is 0 Å². The van der Waals surface area contributed by atoms with Crippen LogP contribution in [0.25, 0.3) is 0 Å². The minimum absolute atomic E-state index is 0.122. The molecule has 1 fully saturated rings. The Morgan fingerprint density at radius 3 is 1.13 bits per heavy atom. The Bertz CT molecular complexity index is 1500. The molecule has 0 amide bonds. The average molecular weight is 1030 g/mol. The van der Waals surface area contributed by atoms with Crippen molar-refractivity contribution >= 4 is 70.6 Å². The van der Waals surface area contributed by atoms with E-state index in [9.17, 15) is 21.4 Å². The Morgan fingerprint density at radius 1 is 0.597 bits per heavy atom. The number of hydrogen-bond acceptors (Lipinski definition) is 11. The Morgan fingerprint density at radius 2 is 0.903 bits per heavy atom. The van der Waals surface area contributed by atoms with Crippen LogP contribution in [0.2, 0.25) is 97.7 Å². The number of hydrogen-bond donors (Lipinski definition) is 0. The third-order valence-corrected chi connectivity index (χ3v) is 47.8. The highest BCUT2D eigenvalue weighted by molar-refractivity contribution is 7.86. The molecule has 1 aliphatic rings. The molecule has 20 heteroatoms. The van der Waals surface area contributed by atoms with Gasteiger partial charge in [-0.1, -0.05) is 83.1 Å². The van der Waals surface area contributed by atoms with Crippen LogP contribution >= 0.6 is 0 Å². The predicted molar refractivity (Wildman–Crippen MR) is 279 cm³/mol. The smallest absolute Gasteiger partial charge is 0.314 e. The average Bonchev–Trinajstić information content (AvgIpc) is 3.36. The maximum Gasteiger partial charge on any atom is 0.314 e. The summed E-state index contributed by atoms with van der Waals surface area (Å²) in [4.78, 5) is 2.26. The van der Waals surface area contributed by atoms with Crippen LogP contribution in [-0.2, 0) is 40.9 Å². The maximum atomic E-state index is 10.9. The van der Waals surface area contributed by atoms with Crippen molar-refractivity contribution in [1.82, 2.24) is 4.90 Å². The normalized spacial score (nSPS) is 16.8. The van der Waals surface area contributed by atoms with Gasteiger partial charge in [0.2, 0.25) is 0 Å². The highest BCUT2D eigenvalue weighted by Crippen LogP contribution is 2.45. The van der Waals surface area contributed by atoms with Crippen molar-refractivity contribution in [3.8, 4) is 0 Å². The maximum absolute atomic E-state index is 10.9. The lowest BCUT2D eigenvalue weighted by atomic mass is 10.2. The fraction of sp³-hybridized carbons (Fsp3) is 1.00. The molecule has 1 saturated heterocycles. The molecular formula is C42H102N2O10S2Si6. The first kappa shape index (κ1) is 65.0. The highest BCUT2D eigenvalue weighted by atomic mass is 32.2. The van der Waals surface area contributed by atoms with Crippen molar-refractivity contribution in [3.63, 3.8) is 0 Å². The summed E-state index contributed by atoms with van der Waals surface area (Å²) in [6.45, 7) is 53.8. The van der Waals surface area contributed by atoms with Crippen LogP contribution in [0.3, 0.4) is 0 Å². The highest BCUT2D eigenvalue weighted by Gasteiger charge is 2.51. The van der Waals surface area contributed by atoms with Gasteiger partial charge in [-0.15, -0.1) is 0 Å². The molecule has 0 aromatic heterocycles. The van der Waals surface area contributed by atoms with E-state index in [1.165, 1.54) is 0 Å². The summed E-state index contributed by atoms with van der Waals surface area (Å²) < 4.78 is 86.1. The van der Waals surface area contributed by atoms with E-state index < -0.39 is 70.6 Å². The molecule has 1 heterocycles. The SMILES string of the molecule is CC(C)(C)[Si](C)(C)O[Si](C)(CCC[N+](C)(C)CCCS(=O)(=O)[O-])O[Si](C)(C)C(C)(C)C.CN(C)CCC[Si](C)(O[Si](C)(C)C(C)(C)C)O[Si](C)(C)C(C)(C)C.O=S1(=O)CCCO1. The molecule has 0 atom stereocenters. The quantitative estimate of drug-likeness (QED) is 0.0498. The van der Waals surface area contributed by atoms with Crippen LogP contribution in [0.4, 0.5) is 0 Å². The largest absolute Gasteiger partial charge is 0.748 e. The van der Waals surface area contributed by atoms with Crippen LogP contribution in [0.15, 0.2) is 0 Å². The first-order chi connectivity index (χ1) is 26.9. The van der Waals surface area contributed by atoms with E-state index in [0.29, 0.717) is 30.5 Å². The van der Waals surface area contributed by atoms with Gasteiger partial charge in [0.05, 0.1) is 49.7 Å². The standard InChI is InChI=1S/C21H51NO5SSi3.C18H45NO2Si3.C3H6O3S/c1-20(2,3)29(9,10)26-31(13,27-30(11,12)21(4,5)6)19-15-17-22(7,8)16-14-18-28(23,24)25;1-17(2,3)22(9,10)20-24(13,16-14-15-19(7)8)21-23(11,12)18(4,5)6;4-7(5)3-1-2-6-7/h14-19H2,1-13H3;14-16H2,1-13H3;1-3H2. The van der Waals surface area contributed by atoms with Gasteiger partial charge in [0.25, 0.3) is 10.1 Å². The van der Waals surface area contributed by atoms with Crippen molar-refractivity contribution in [2.45, 2.75) is 206 Å². The summed E-state index contributed by atoms with van der Waals surface area (Å²) in [5, 5.41) is 0.688. The summed E-state index contributed by atoms with van der Waals surface area (Å²) in [7, 11) is -11.0. The number of nitrogens with zero attached hydrogens (tertiary/aromatic N) is 2. The summed E-state index contributed by atoms with van der Waals surface area (Å²) in [6, 6.07) is 2.01. The molecule has 0 aromatic carbocycles. The van der Waals surface area contributed by atoms with E-state index in [-0.39, 0.29) is 31.7 Å². The zero-order chi connectivity index (χ0) is 50.1. The Kier molecular flexibility index (Phi) is 24.6. The lowest BCUT2D eigenvalue weighted by Gasteiger charge is -2.48. The van der Waals surface area contributed by atoms with Crippen molar-refractivity contribution in [2.75, 3.05) is 65.9 Å². The molecule has 1 aliphatic heterocycles. The van der Waals surface area contributed by atoms with E-state index in [1.54, 1.807) is 0 Å². The molecule has 1 rings (SSSR count).